The van der Waals surface area contributed by atoms with Crippen molar-refractivity contribution >= 4 is 15.9 Å². The molecule has 0 radical (unpaired) electrons. The van der Waals surface area contributed by atoms with Crippen molar-refractivity contribution in [1.82, 2.24) is 4.72 Å². The molecule has 0 bridgehead atoms. The molecule has 1 amide bonds. The topological polar surface area (TPSA) is 89.3 Å². The van der Waals surface area contributed by atoms with Gasteiger partial charge in [0.15, 0.2) is 0 Å². The monoisotopic (exact) mass is 222 g/mol. The van der Waals surface area contributed by atoms with E-state index in [0.29, 0.717) is 6.42 Å². The van der Waals surface area contributed by atoms with Gasteiger partial charge in [-0.05, 0) is 13.3 Å². The van der Waals surface area contributed by atoms with Crippen molar-refractivity contribution < 1.29 is 13.2 Å². The summed E-state index contributed by atoms with van der Waals surface area (Å²) in [7, 11) is -3.47. The average molecular weight is 222 g/mol. The lowest BCUT2D eigenvalue weighted by atomic mass is 10.1. The van der Waals surface area contributed by atoms with Crippen molar-refractivity contribution in [3.63, 3.8) is 0 Å². The number of hydrogen-bond acceptors (Lipinski definition) is 4. The molecule has 5 nitrogen and oxygen atoms in total. The number of nitrogens with one attached hydrogen (secondary N) is 1. The molecular weight excluding hydrogens is 204 g/mol. The van der Waals surface area contributed by atoms with E-state index in [1.54, 1.807) is 0 Å². The maximum absolute atomic E-state index is 11.2. The van der Waals surface area contributed by atoms with Gasteiger partial charge in [-0.15, -0.1) is 0 Å². The molecule has 0 aliphatic heterocycles. The predicted octanol–water partition coefficient (Wildman–Crippen LogP) is -0.0302. The molecule has 0 fully saturated rings. The molecule has 0 unspecified atom stereocenters. The van der Waals surface area contributed by atoms with Gasteiger partial charge in [0.05, 0.1) is 11.8 Å². The highest BCUT2D eigenvalue weighted by Crippen LogP contribution is 1.98. The molecule has 84 valence electrons. The van der Waals surface area contributed by atoms with Gasteiger partial charge in [0.25, 0.3) is 0 Å². The van der Waals surface area contributed by atoms with Crippen LogP contribution in [-0.2, 0) is 14.8 Å². The standard InChI is InChI=1S/C8H18N2O3S/c1-3-5-6-7(9)8(11)10-14(12,13)4-2/h7H,3-6,9H2,1-2H3,(H,10,11)/t7-/m0/s1. The Kier molecular flexibility index (Phi) is 5.71. The Morgan fingerprint density at radius 2 is 2.00 bits per heavy atom. The van der Waals surface area contributed by atoms with Gasteiger partial charge in [-0.25, -0.2) is 8.42 Å². The molecule has 0 aromatic rings. The minimum absolute atomic E-state index is 0.112. The van der Waals surface area contributed by atoms with Gasteiger partial charge in [-0.1, -0.05) is 19.8 Å². The maximum atomic E-state index is 11.2. The normalized spacial score (nSPS) is 13.6. The van der Waals surface area contributed by atoms with E-state index >= 15 is 0 Å². The van der Waals surface area contributed by atoms with Crippen LogP contribution in [0.2, 0.25) is 0 Å². The number of carbonyl (C=O) groups is 1. The molecule has 0 spiro atoms. The first-order valence-corrected chi connectivity index (χ1v) is 6.38. The van der Waals surface area contributed by atoms with Crippen LogP contribution in [-0.4, -0.2) is 26.1 Å². The molecule has 0 aliphatic rings. The minimum atomic E-state index is -3.47. The van der Waals surface area contributed by atoms with Gasteiger partial charge in [-0.3, -0.25) is 9.52 Å². The Labute approximate surface area is 85.1 Å². The second kappa shape index (κ2) is 5.98. The highest BCUT2D eigenvalue weighted by Gasteiger charge is 2.17. The van der Waals surface area contributed by atoms with Crippen LogP contribution in [0.3, 0.4) is 0 Å². The van der Waals surface area contributed by atoms with E-state index in [4.69, 9.17) is 5.73 Å². The molecule has 0 saturated heterocycles. The van der Waals surface area contributed by atoms with Crippen LogP contribution in [0.15, 0.2) is 0 Å². The summed E-state index contributed by atoms with van der Waals surface area (Å²) >= 11 is 0. The SMILES string of the molecule is CCCC[C@H](N)C(=O)NS(=O)(=O)CC. The molecular formula is C8H18N2O3S. The number of carbonyl (C=O) groups excluding carboxylic acids is 1. The first kappa shape index (κ1) is 13.4. The van der Waals surface area contributed by atoms with E-state index in [9.17, 15) is 13.2 Å². The Morgan fingerprint density at radius 3 is 2.43 bits per heavy atom. The van der Waals surface area contributed by atoms with E-state index in [1.165, 1.54) is 6.92 Å². The summed E-state index contributed by atoms with van der Waals surface area (Å²) < 4.78 is 23.9. The number of nitrogens with two attached hydrogens (primary N) is 1. The highest BCUT2D eigenvalue weighted by molar-refractivity contribution is 7.90. The van der Waals surface area contributed by atoms with Gasteiger partial charge in [0, 0.05) is 0 Å². The molecule has 0 rings (SSSR count). The fourth-order valence-corrected chi connectivity index (χ4v) is 1.46. The molecule has 0 aliphatic carbocycles. The van der Waals surface area contributed by atoms with Crippen LogP contribution in [0, 0.1) is 0 Å². The number of unbranched alkanes of at least 4 members (excludes halogenated alkanes) is 1. The fraction of sp³-hybridized carbons (Fsp3) is 0.875. The van der Waals surface area contributed by atoms with E-state index < -0.39 is 22.0 Å². The van der Waals surface area contributed by atoms with Crippen molar-refractivity contribution in [3.05, 3.63) is 0 Å². The van der Waals surface area contributed by atoms with Crippen molar-refractivity contribution in [3.8, 4) is 0 Å². The average Bonchev–Trinajstić information content (AvgIpc) is 2.13. The maximum Gasteiger partial charge on any atom is 0.250 e. The number of hydrogen-bond donors (Lipinski definition) is 2. The summed E-state index contributed by atoms with van der Waals surface area (Å²) in [6.07, 6.45) is 2.27. The number of sulfonamides is 1. The van der Waals surface area contributed by atoms with Crippen LogP contribution in [0.1, 0.15) is 33.1 Å². The van der Waals surface area contributed by atoms with E-state index in [2.05, 4.69) is 0 Å². The smallest absolute Gasteiger partial charge is 0.250 e. The van der Waals surface area contributed by atoms with Crippen molar-refractivity contribution in [2.75, 3.05) is 5.75 Å². The molecule has 0 aromatic carbocycles. The summed E-state index contributed by atoms with van der Waals surface area (Å²) in [5.41, 5.74) is 5.49. The van der Waals surface area contributed by atoms with Gasteiger partial charge in [0.2, 0.25) is 15.9 Å². The Bertz CT molecular complexity index is 274. The van der Waals surface area contributed by atoms with Crippen LogP contribution >= 0.6 is 0 Å². The van der Waals surface area contributed by atoms with Crippen LogP contribution in [0.4, 0.5) is 0 Å². The lowest BCUT2D eigenvalue weighted by Gasteiger charge is -2.10. The fourth-order valence-electron chi connectivity index (χ4n) is 0.856. The molecule has 0 aromatic heterocycles. The molecule has 6 heteroatoms. The van der Waals surface area contributed by atoms with Gasteiger partial charge < -0.3 is 5.73 Å². The zero-order chi connectivity index (χ0) is 11.2. The van der Waals surface area contributed by atoms with Gasteiger partial charge in [-0.2, -0.15) is 0 Å². The van der Waals surface area contributed by atoms with Crippen molar-refractivity contribution in [1.29, 1.82) is 0 Å². The van der Waals surface area contributed by atoms with Crippen LogP contribution in [0.5, 0.6) is 0 Å². The molecule has 14 heavy (non-hydrogen) atoms. The van der Waals surface area contributed by atoms with Crippen LogP contribution < -0.4 is 10.5 Å². The van der Waals surface area contributed by atoms with Crippen molar-refractivity contribution in [2.45, 2.75) is 39.2 Å². The molecule has 0 saturated carbocycles. The largest absolute Gasteiger partial charge is 0.320 e. The summed E-state index contributed by atoms with van der Waals surface area (Å²) in [4.78, 5) is 11.2. The predicted molar refractivity (Wildman–Crippen MR) is 55.1 cm³/mol. The summed E-state index contributed by atoms with van der Waals surface area (Å²) in [6, 6.07) is -0.726. The zero-order valence-corrected chi connectivity index (χ0v) is 9.43. The second-order valence-corrected chi connectivity index (χ2v) is 5.13. The van der Waals surface area contributed by atoms with Crippen LogP contribution in [0.25, 0.3) is 0 Å². The third-order valence-corrected chi connectivity index (χ3v) is 3.11. The summed E-state index contributed by atoms with van der Waals surface area (Å²) in [6.45, 7) is 3.45. The Hall–Kier alpha value is -0.620. The Balaban J connectivity index is 4.08. The molecule has 3 N–H and O–H groups in total. The quantitative estimate of drug-likeness (QED) is 0.660. The second-order valence-electron chi connectivity index (χ2n) is 3.12. The minimum Gasteiger partial charge on any atom is -0.320 e. The molecule has 0 heterocycles. The Morgan fingerprint density at radius 1 is 1.43 bits per heavy atom. The summed E-state index contributed by atoms with van der Waals surface area (Å²) in [5.74, 6) is -0.723. The summed E-state index contributed by atoms with van der Waals surface area (Å²) in [5, 5.41) is 0. The van der Waals surface area contributed by atoms with Crippen molar-refractivity contribution in [2.24, 2.45) is 5.73 Å². The first-order chi connectivity index (χ1) is 6.43. The van der Waals surface area contributed by atoms with E-state index in [0.717, 1.165) is 12.8 Å². The highest BCUT2D eigenvalue weighted by atomic mass is 32.2. The zero-order valence-electron chi connectivity index (χ0n) is 8.62. The number of rotatable bonds is 6. The molecule has 1 atom stereocenters. The van der Waals surface area contributed by atoms with Gasteiger partial charge >= 0.3 is 0 Å². The van der Waals surface area contributed by atoms with E-state index in [1.807, 2.05) is 11.6 Å². The third-order valence-electron chi connectivity index (χ3n) is 1.84. The third kappa shape index (κ3) is 5.18. The lowest BCUT2D eigenvalue weighted by Crippen LogP contribution is -2.43. The first-order valence-electron chi connectivity index (χ1n) is 4.72. The van der Waals surface area contributed by atoms with E-state index in [-0.39, 0.29) is 5.75 Å². The van der Waals surface area contributed by atoms with Gasteiger partial charge in [0.1, 0.15) is 0 Å². The lowest BCUT2D eigenvalue weighted by molar-refractivity contribution is -0.120. The number of amides is 1.